The lowest BCUT2D eigenvalue weighted by atomic mass is 9.96. The number of nitrogens with one attached hydrogen (secondary N) is 1. The van der Waals surface area contributed by atoms with E-state index in [-0.39, 0.29) is 11.9 Å². The van der Waals surface area contributed by atoms with E-state index in [1.54, 1.807) is 0 Å². The molecule has 0 aromatic heterocycles. The molecule has 3 heteroatoms. The number of hydrogen-bond acceptors (Lipinski definition) is 2. The zero-order chi connectivity index (χ0) is 13.3. The van der Waals surface area contributed by atoms with Crippen LogP contribution in [0.25, 0.3) is 0 Å². The SMILES string of the molecule is CCC(CCN)CCC(=O)NC(C)CC(C)C. The highest BCUT2D eigenvalue weighted by Gasteiger charge is 2.11. The Labute approximate surface area is 107 Å². The highest BCUT2D eigenvalue weighted by molar-refractivity contribution is 5.76. The van der Waals surface area contributed by atoms with Crippen molar-refractivity contribution in [2.45, 2.75) is 65.8 Å². The summed E-state index contributed by atoms with van der Waals surface area (Å²) in [6, 6.07) is 0.289. The molecule has 0 heterocycles. The number of rotatable bonds is 9. The minimum Gasteiger partial charge on any atom is -0.354 e. The maximum atomic E-state index is 11.7. The van der Waals surface area contributed by atoms with Gasteiger partial charge in [0.25, 0.3) is 0 Å². The van der Waals surface area contributed by atoms with Crippen molar-refractivity contribution in [3.63, 3.8) is 0 Å². The lowest BCUT2D eigenvalue weighted by Gasteiger charge is -2.17. The first-order valence-electron chi connectivity index (χ1n) is 6.99. The summed E-state index contributed by atoms with van der Waals surface area (Å²) in [6.45, 7) is 9.33. The Morgan fingerprint density at radius 1 is 1.24 bits per heavy atom. The lowest BCUT2D eigenvalue weighted by Crippen LogP contribution is -2.33. The van der Waals surface area contributed by atoms with Gasteiger partial charge in [-0.2, -0.15) is 0 Å². The molecule has 0 aliphatic rings. The third-order valence-corrected chi connectivity index (χ3v) is 3.16. The quantitative estimate of drug-likeness (QED) is 0.653. The van der Waals surface area contributed by atoms with Crippen LogP contribution in [0.3, 0.4) is 0 Å². The highest BCUT2D eigenvalue weighted by atomic mass is 16.1. The summed E-state index contributed by atoms with van der Waals surface area (Å²) in [5.41, 5.74) is 5.55. The molecule has 0 aliphatic carbocycles. The maximum absolute atomic E-state index is 11.7. The van der Waals surface area contributed by atoms with E-state index in [1.807, 2.05) is 0 Å². The van der Waals surface area contributed by atoms with Gasteiger partial charge in [0, 0.05) is 12.5 Å². The van der Waals surface area contributed by atoms with Crippen LogP contribution in [0.2, 0.25) is 0 Å². The van der Waals surface area contributed by atoms with E-state index in [0.29, 0.717) is 18.3 Å². The van der Waals surface area contributed by atoms with Gasteiger partial charge in [0.2, 0.25) is 5.91 Å². The lowest BCUT2D eigenvalue weighted by molar-refractivity contribution is -0.122. The molecule has 0 bridgehead atoms. The number of amides is 1. The van der Waals surface area contributed by atoms with Gasteiger partial charge in [-0.1, -0.05) is 27.2 Å². The summed E-state index contributed by atoms with van der Waals surface area (Å²) in [7, 11) is 0. The van der Waals surface area contributed by atoms with Crippen LogP contribution in [-0.4, -0.2) is 18.5 Å². The van der Waals surface area contributed by atoms with E-state index in [2.05, 4.69) is 33.0 Å². The maximum Gasteiger partial charge on any atom is 0.220 e. The van der Waals surface area contributed by atoms with Crippen LogP contribution in [-0.2, 0) is 4.79 Å². The summed E-state index contributed by atoms with van der Waals surface area (Å²) in [6.07, 6.45) is 4.80. The molecule has 102 valence electrons. The molecule has 3 N–H and O–H groups in total. The molecule has 2 unspecified atom stereocenters. The predicted octanol–water partition coefficient (Wildman–Crippen LogP) is 2.69. The van der Waals surface area contributed by atoms with Crippen molar-refractivity contribution in [1.82, 2.24) is 5.32 Å². The number of carbonyl (C=O) groups excluding carboxylic acids is 1. The number of hydrogen-bond donors (Lipinski definition) is 2. The van der Waals surface area contributed by atoms with Gasteiger partial charge in [-0.15, -0.1) is 0 Å². The molecule has 17 heavy (non-hydrogen) atoms. The summed E-state index contributed by atoms with van der Waals surface area (Å²) >= 11 is 0. The average molecular weight is 242 g/mol. The topological polar surface area (TPSA) is 55.1 Å². The first kappa shape index (κ1) is 16.4. The Morgan fingerprint density at radius 2 is 1.88 bits per heavy atom. The van der Waals surface area contributed by atoms with Crippen LogP contribution in [0, 0.1) is 11.8 Å². The summed E-state index contributed by atoms with van der Waals surface area (Å²) in [5.74, 6) is 1.42. The Morgan fingerprint density at radius 3 is 2.35 bits per heavy atom. The zero-order valence-electron chi connectivity index (χ0n) is 12.0. The van der Waals surface area contributed by atoms with E-state index in [0.717, 1.165) is 32.2 Å². The monoisotopic (exact) mass is 242 g/mol. The van der Waals surface area contributed by atoms with E-state index >= 15 is 0 Å². The van der Waals surface area contributed by atoms with Crippen molar-refractivity contribution < 1.29 is 4.79 Å². The molecule has 0 spiro atoms. The van der Waals surface area contributed by atoms with Gasteiger partial charge in [0.1, 0.15) is 0 Å². The Hall–Kier alpha value is -0.570. The van der Waals surface area contributed by atoms with Crippen molar-refractivity contribution in [3.8, 4) is 0 Å². The molecular formula is C14H30N2O. The molecule has 0 aromatic rings. The van der Waals surface area contributed by atoms with E-state index in [9.17, 15) is 4.79 Å². The molecule has 2 atom stereocenters. The average Bonchev–Trinajstić information content (AvgIpc) is 2.22. The number of nitrogens with two attached hydrogens (primary N) is 1. The van der Waals surface area contributed by atoms with E-state index in [4.69, 9.17) is 5.73 Å². The second kappa shape index (κ2) is 9.46. The van der Waals surface area contributed by atoms with Crippen LogP contribution in [0.4, 0.5) is 0 Å². The van der Waals surface area contributed by atoms with Gasteiger partial charge in [-0.25, -0.2) is 0 Å². The van der Waals surface area contributed by atoms with Crippen molar-refractivity contribution >= 4 is 5.91 Å². The molecule has 0 radical (unpaired) electrons. The summed E-state index contributed by atoms with van der Waals surface area (Å²) < 4.78 is 0. The summed E-state index contributed by atoms with van der Waals surface area (Å²) in [4.78, 5) is 11.7. The van der Waals surface area contributed by atoms with Gasteiger partial charge >= 0.3 is 0 Å². The fraction of sp³-hybridized carbons (Fsp3) is 0.929. The molecule has 0 aromatic carbocycles. The van der Waals surface area contributed by atoms with Crippen molar-refractivity contribution in [1.29, 1.82) is 0 Å². The second-order valence-corrected chi connectivity index (χ2v) is 5.49. The first-order valence-corrected chi connectivity index (χ1v) is 6.99. The van der Waals surface area contributed by atoms with Crippen LogP contribution >= 0.6 is 0 Å². The standard InChI is InChI=1S/C14H30N2O/c1-5-13(8-9-15)6-7-14(17)16-12(4)10-11(2)3/h11-13H,5-10,15H2,1-4H3,(H,16,17). The minimum absolute atomic E-state index is 0.189. The van der Waals surface area contributed by atoms with E-state index in [1.165, 1.54) is 0 Å². The van der Waals surface area contributed by atoms with Crippen LogP contribution in [0.5, 0.6) is 0 Å². The smallest absolute Gasteiger partial charge is 0.220 e. The third kappa shape index (κ3) is 9.16. The molecule has 0 saturated heterocycles. The van der Waals surface area contributed by atoms with Crippen LogP contribution in [0.15, 0.2) is 0 Å². The first-order chi connectivity index (χ1) is 7.99. The molecular weight excluding hydrogens is 212 g/mol. The largest absolute Gasteiger partial charge is 0.354 e. The Kier molecular flexibility index (Phi) is 9.14. The Balaban J connectivity index is 3.77. The molecule has 0 saturated carbocycles. The second-order valence-electron chi connectivity index (χ2n) is 5.49. The van der Waals surface area contributed by atoms with Crippen LogP contribution < -0.4 is 11.1 Å². The minimum atomic E-state index is 0.189. The highest BCUT2D eigenvalue weighted by Crippen LogP contribution is 2.14. The molecule has 0 fully saturated rings. The van der Waals surface area contributed by atoms with Crippen molar-refractivity contribution in [2.24, 2.45) is 17.6 Å². The van der Waals surface area contributed by atoms with Crippen molar-refractivity contribution in [2.75, 3.05) is 6.54 Å². The fourth-order valence-corrected chi connectivity index (χ4v) is 2.24. The fourth-order valence-electron chi connectivity index (χ4n) is 2.24. The van der Waals surface area contributed by atoms with Crippen molar-refractivity contribution in [3.05, 3.63) is 0 Å². The van der Waals surface area contributed by atoms with Gasteiger partial charge in [0.05, 0.1) is 0 Å². The summed E-state index contributed by atoms with van der Waals surface area (Å²) in [5, 5.41) is 3.06. The van der Waals surface area contributed by atoms with Crippen LogP contribution in [0.1, 0.15) is 59.8 Å². The van der Waals surface area contributed by atoms with Gasteiger partial charge < -0.3 is 11.1 Å². The van der Waals surface area contributed by atoms with Gasteiger partial charge in [-0.05, 0) is 44.6 Å². The molecule has 1 amide bonds. The zero-order valence-corrected chi connectivity index (χ0v) is 12.0. The number of carbonyl (C=O) groups is 1. The Bertz CT molecular complexity index is 204. The van der Waals surface area contributed by atoms with Gasteiger partial charge in [-0.3, -0.25) is 4.79 Å². The molecule has 3 nitrogen and oxygen atoms in total. The molecule has 0 rings (SSSR count). The van der Waals surface area contributed by atoms with E-state index < -0.39 is 0 Å². The van der Waals surface area contributed by atoms with Gasteiger partial charge in [0.15, 0.2) is 0 Å². The normalized spacial score (nSPS) is 14.7. The predicted molar refractivity (Wildman–Crippen MR) is 73.7 cm³/mol. The third-order valence-electron chi connectivity index (χ3n) is 3.16. The molecule has 0 aliphatic heterocycles.